The number of fused-ring (bicyclic) bond motifs is 1. The number of hydrogen-bond acceptors (Lipinski definition) is 6. The summed E-state index contributed by atoms with van der Waals surface area (Å²) in [6, 6.07) is 29.5. The van der Waals surface area contributed by atoms with E-state index >= 15 is 0 Å². The summed E-state index contributed by atoms with van der Waals surface area (Å²) < 4.78 is 29.0. The van der Waals surface area contributed by atoms with E-state index < -0.39 is 10.0 Å². The summed E-state index contributed by atoms with van der Waals surface area (Å²) in [5, 5.41) is 11.5. The number of nitrogens with two attached hydrogens (primary N) is 1. The molecule has 1 heterocycles. The molecule has 5 N–H and O–H groups in total. The van der Waals surface area contributed by atoms with Crippen LogP contribution in [0.25, 0.3) is 10.9 Å². The number of rotatable bonds is 8. The zero-order valence-corrected chi connectivity index (χ0v) is 22.4. The summed E-state index contributed by atoms with van der Waals surface area (Å²) in [6.07, 6.45) is 0. The number of likely N-dealkylation sites (N-methyl/N-ethyl adjacent to an activating group) is 1. The van der Waals surface area contributed by atoms with Crippen LogP contribution in [-0.4, -0.2) is 43.7 Å². The van der Waals surface area contributed by atoms with Crippen molar-refractivity contribution in [2.45, 2.75) is 4.90 Å². The van der Waals surface area contributed by atoms with Crippen molar-refractivity contribution in [2.75, 3.05) is 23.2 Å². The van der Waals surface area contributed by atoms with Crippen LogP contribution < -0.4 is 15.4 Å². The van der Waals surface area contributed by atoms with E-state index in [1.807, 2.05) is 30.3 Å². The smallest absolute Gasteiger partial charge is 0.261 e. The molecule has 0 unspecified atom stereocenters. The number of para-hydroxylation sites is 1. The number of sulfonamides is 1. The number of benzene rings is 4. The van der Waals surface area contributed by atoms with Gasteiger partial charge in [-0.05, 0) is 54.6 Å². The molecule has 9 nitrogen and oxygen atoms in total. The minimum atomic E-state index is -3.91. The lowest BCUT2D eigenvalue weighted by molar-refractivity contribution is -0.117. The van der Waals surface area contributed by atoms with Gasteiger partial charge in [-0.2, -0.15) is 0 Å². The van der Waals surface area contributed by atoms with E-state index in [-0.39, 0.29) is 23.2 Å². The second kappa shape index (κ2) is 11.0. The molecule has 0 aliphatic rings. The number of H-pyrrole nitrogens is 1. The molecule has 5 aromatic rings. The van der Waals surface area contributed by atoms with Crippen molar-refractivity contribution in [3.63, 3.8) is 0 Å². The second-order valence-corrected chi connectivity index (χ2v) is 10.7. The molecule has 0 radical (unpaired) electrons. The van der Waals surface area contributed by atoms with E-state index in [9.17, 15) is 18.3 Å². The Morgan fingerprint density at radius 1 is 0.950 bits per heavy atom. The first-order chi connectivity index (χ1) is 19.3. The quantitative estimate of drug-likeness (QED) is 0.205. The number of carbonyl (C=O) groups is 1. The Bertz CT molecular complexity index is 1800. The molecule has 202 valence electrons. The lowest BCUT2D eigenvalue weighted by Crippen LogP contribution is -2.32. The predicted molar refractivity (Wildman–Crippen MR) is 158 cm³/mol. The number of anilines is 2. The van der Waals surface area contributed by atoms with Crippen LogP contribution in [0, 0.1) is 0 Å². The Morgan fingerprint density at radius 3 is 2.25 bits per heavy atom. The van der Waals surface area contributed by atoms with Crippen LogP contribution in [0.4, 0.5) is 17.1 Å². The number of aliphatic imine (C=N–C) groups is 1. The minimum absolute atomic E-state index is 0.0356. The van der Waals surface area contributed by atoms with Gasteiger partial charge in [-0.25, -0.2) is 13.4 Å². The highest BCUT2D eigenvalue weighted by Crippen LogP contribution is 2.33. The van der Waals surface area contributed by atoms with Gasteiger partial charge in [0.15, 0.2) is 5.88 Å². The van der Waals surface area contributed by atoms with Crippen LogP contribution in [0.2, 0.25) is 0 Å². The Morgan fingerprint density at radius 2 is 1.60 bits per heavy atom. The Balaban J connectivity index is 1.62. The maximum absolute atomic E-state index is 13.2. The zero-order chi connectivity index (χ0) is 28.3. The SMILES string of the molecule is CN(C(=O)CN)c1ccc(N=C(c2ccccc2)c2c(O)[nH]c3ccc(S(=O)(=O)Nc4ccccc4)cc23)cc1. The first-order valence-corrected chi connectivity index (χ1v) is 13.9. The van der Waals surface area contributed by atoms with Crippen molar-refractivity contribution in [1.82, 2.24) is 4.98 Å². The van der Waals surface area contributed by atoms with Crippen LogP contribution in [0.15, 0.2) is 113 Å². The summed E-state index contributed by atoms with van der Waals surface area (Å²) in [5.74, 6) is -0.370. The molecule has 1 amide bonds. The highest BCUT2D eigenvalue weighted by Gasteiger charge is 2.22. The molecule has 5 rings (SSSR count). The van der Waals surface area contributed by atoms with E-state index in [1.165, 1.54) is 17.0 Å². The monoisotopic (exact) mass is 553 g/mol. The van der Waals surface area contributed by atoms with Crippen LogP contribution >= 0.6 is 0 Å². The molecular weight excluding hydrogens is 526 g/mol. The fourth-order valence-corrected chi connectivity index (χ4v) is 5.39. The van der Waals surface area contributed by atoms with Gasteiger partial charge in [0.1, 0.15) is 0 Å². The third-order valence-corrected chi connectivity index (χ3v) is 7.78. The summed E-state index contributed by atoms with van der Waals surface area (Å²) >= 11 is 0. The number of nitrogens with one attached hydrogen (secondary N) is 2. The van der Waals surface area contributed by atoms with Crippen molar-refractivity contribution in [2.24, 2.45) is 10.7 Å². The maximum Gasteiger partial charge on any atom is 0.261 e. The average molecular weight is 554 g/mol. The van der Waals surface area contributed by atoms with Crippen LogP contribution in [-0.2, 0) is 14.8 Å². The standard InChI is InChI=1S/C30H27N5O4S/c1-35(27(36)19-31)23-14-12-21(13-15-23)32-29(20-8-4-2-5-9-20)28-25-18-24(16-17-26(25)33-30(28)37)40(38,39)34-22-10-6-3-7-11-22/h2-18,33-34,37H,19,31H2,1H3. The van der Waals surface area contributed by atoms with Crippen LogP contribution in [0.5, 0.6) is 5.88 Å². The van der Waals surface area contributed by atoms with Gasteiger partial charge in [0.05, 0.1) is 28.4 Å². The average Bonchev–Trinajstić information content (AvgIpc) is 3.30. The number of aromatic amines is 1. The van der Waals surface area contributed by atoms with E-state index in [0.717, 1.165) is 0 Å². The third-order valence-electron chi connectivity index (χ3n) is 6.40. The van der Waals surface area contributed by atoms with Crippen LogP contribution in [0.3, 0.4) is 0 Å². The van der Waals surface area contributed by atoms with Gasteiger partial charge in [-0.3, -0.25) is 9.52 Å². The van der Waals surface area contributed by atoms with Crippen molar-refractivity contribution >= 4 is 49.6 Å². The number of aromatic nitrogens is 1. The zero-order valence-electron chi connectivity index (χ0n) is 21.6. The first kappa shape index (κ1) is 26.7. The molecule has 10 heteroatoms. The van der Waals surface area contributed by atoms with Crippen molar-refractivity contribution in [1.29, 1.82) is 0 Å². The third kappa shape index (κ3) is 5.44. The van der Waals surface area contributed by atoms with E-state index in [0.29, 0.717) is 44.8 Å². The summed E-state index contributed by atoms with van der Waals surface area (Å²) in [5.41, 5.74) is 9.21. The van der Waals surface area contributed by atoms with Gasteiger partial charge in [-0.15, -0.1) is 0 Å². The molecule has 0 saturated carbocycles. The van der Waals surface area contributed by atoms with Crippen molar-refractivity contribution in [3.05, 3.63) is 114 Å². The lowest BCUT2D eigenvalue weighted by Gasteiger charge is -2.16. The molecular formula is C30H27N5O4S. The van der Waals surface area contributed by atoms with E-state index in [1.54, 1.807) is 67.7 Å². The van der Waals surface area contributed by atoms with Gasteiger partial charge < -0.3 is 20.7 Å². The lowest BCUT2D eigenvalue weighted by atomic mass is 10.0. The highest BCUT2D eigenvalue weighted by molar-refractivity contribution is 7.92. The number of amides is 1. The van der Waals surface area contributed by atoms with Gasteiger partial charge in [-0.1, -0.05) is 48.5 Å². The molecule has 0 aliphatic heterocycles. The van der Waals surface area contributed by atoms with Gasteiger partial charge in [0, 0.05) is 34.9 Å². The predicted octanol–water partition coefficient (Wildman–Crippen LogP) is 4.76. The Kier molecular flexibility index (Phi) is 7.37. The fraction of sp³-hybridized carbons (Fsp3) is 0.0667. The number of hydrogen-bond donors (Lipinski definition) is 4. The van der Waals surface area contributed by atoms with E-state index in [4.69, 9.17) is 10.7 Å². The number of carbonyl (C=O) groups excluding carboxylic acids is 1. The Labute approximate surface area is 231 Å². The molecule has 0 saturated heterocycles. The summed E-state index contributed by atoms with van der Waals surface area (Å²) in [7, 11) is -2.27. The van der Waals surface area contributed by atoms with E-state index in [2.05, 4.69) is 9.71 Å². The van der Waals surface area contributed by atoms with Crippen molar-refractivity contribution < 1.29 is 18.3 Å². The topological polar surface area (TPSA) is 141 Å². The van der Waals surface area contributed by atoms with Gasteiger partial charge in [0.2, 0.25) is 5.91 Å². The molecule has 0 bridgehead atoms. The molecule has 0 spiro atoms. The summed E-state index contributed by atoms with van der Waals surface area (Å²) in [6.45, 7) is -0.104. The molecule has 40 heavy (non-hydrogen) atoms. The van der Waals surface area contributed by atoms with Crippen molar-refractivity contribution in [3.8, 4) is 5.88 Å². The van der Waals surface area contributed by atoms with Gasteiger partial charge >= 0.3 is 0 Å². The normalized spacial score (nSPS) is 11.9. The minimum Gasteiger partial charge on any atom is -0.494 e. The molecule has 0 aliphatic carbocycles. The fourth-order valence-electron chi connectivity index (χ4n) is 4.31. The number of aromatic hydroxyl groups is 1. The highest BCUT2D eigenvalue weighted by atomic mass is 32.2. The molecule has 0 atom stereocenters. The second-order valence-electron chi connectivity index (χ2n) is 9.03. The molecule has 4 aromatic carbocycles. The Hall–Kier alpha value is -4.93. The first-order valence-electron chi connectivity index (χ1n) is 12.4. The van der Waals surface area contributed by atoms with Gasteiger partial charge in [0.25, 0.3) is 10.0 Å². The largest absolute Gasteiger partial charge is 0.494 e. The molecule has 1 aromatic heterocycles. The summed E-state index contributed by atoms with van der Waals surface area (Å²) in [4.78, 5) is 21.3. The number of nitrogens with zero attached hydrogens (tertiary/aromatic N) is 2. The molecule has 0 fully saturated rings. The van der Waals surface area contributed by atoms with Crippen LogP contribution in [0.1, 0.15) is 11.1 Å². The maximum atomic E-state index is 13.2.